The first-order chi connectivity index (χ1) is 10.6. The van der Waals surface area contributed by atoms with E-state index in [1.54, 1.807) is 19.1 Å². The number of carbonyl (C=O) groups is 1. The third kappa shape index (κ3) is 2.15. The Morgan fingerprint density at radius 3 is 2.77 bits per heavy atom. The Balaban J connectivity index is 1.54. The zero-order valence-corrected chi connectivity index (χ0v) is 12.1. The molecule has 0 spiro atoms. The lowest BCUT2D eigenvalue weighted by Crippen LogP contribution is -2.04. The van der Waals surface area contributed by atoms with Crippen LogP contribution in [0, 0.1) is 18.7 Å². The molecule has 0 N–H and O–H groups in total. The Kier molecular flexibility index (Phi) is 2.93. The molecule has 0 aromatic heterocycles. The number of fused-ring (bicyclic) bond motifs is 1. The Hall–Kier alpha value is -2.36. The maximum absolute atomic E-state index is 13.3. The fourth-order valence-electron chi connectivity index (χ4n) is 3.01. The Bertz CT molecular complexity index is 769. The molecule has 2 aromatic rings. The van der Waals surface area contributed by atoms with Crippen molar-refractivity contribution in [2.75, 3.05) is 6.79 Å². The van der Waals surface area contributed by atoms with Gasteiger partial charge in [-0.05, 0) is 60.7 Å². The van der Waals surface area contributed by atoms with E-state index in [9.17, 15) is 9.18 Å². The van der Waals surface area contributed by atoms with Gasteiger partial charge < -0.3 is 9.47 Å². The first-order valence-electron chi connectivity index (χ1n) is 7.33. The molecule has 3 nitrogen and oxygen atoms in total. The molecule has 1 heterocycles. The molecule has 1 fully saturated rings. The molecule has 1 saturated carbocycles. The fourth-order valence-corrected chi connectivity index (χ4v) is 3.01. The quantitative estimate of drug-likeness (QED) is 0.807. The van der Waals surface area contributed by atoms with Crippen LogP contribution in [0.15, 0.2) is 36.4 Å². The second kappa shape index (κ2) is 4.83. The smallest absolute Gasteiger partial charge is 0.231 e. The molecule has 4 heteroatoms. The number of Topliss-reactive ketones (excluding diaryl/α,β-unsaturated/α-hetero) is 1. The molecule has 0 unspecified atom stereocenters. The van der Waals surface area contributed by atoms with Crippen LogP contribution in [0.4, 0.5) is 4.39 Å². The zero-order chi connectivity index (χ0) is 15.3. The first-order valence-corrected chi connectivity index (χ1v) is 7.33. The summed E-state index contributed by atoms with van der Waals surface area (Å²) in [6.45, 7) is 1.93. The van der Waals surface area contributed by atoms with Crippen molar-refractivity contribution in [3.8, 4) is 11.5 Å². The van der Waals surface area contributed by atoms with E-state index >= 15 is 0 Å². The predicted molar refractivity (Wildman–Crippen MR) is 78.9 cm³/mol. The van der Waals surface area contributed by atoms with Gasteiger partial charge in [-0.3, -0.25) is 4.79 Å². The highest BCUT2D eigenvalue weighted by molar-refractivity contribution is 6.00. The van der Waals surface area contributed by atoms with Crippen LogP contribution in [-0.4, -0.2) is 12.6 Å². The van der Waals surface area contributed by atoms with Gasteiger partial charge in [0.2, 0.25) is 6.79 Å². The lowest BCUT2D eigenvalue weighted by atomic mass is 10.0. The van der Waals surface area contributed by atoms with E-state index in [1.165, 1.54) is 6.07 Å². The van der Waals surface area contributed by atoms with Crippen LogP contribution in [-0.2, 0) is 0 Å². The topological polar surface area (TPSA) is 35.5 Å². The maximum Gasteiger partial charge on any atom is 0.231 e. The van der Waals surface area contributed by atoms with Crippen molar-refractivity contribution in [1.82, 2.24) is 0 Å². The van der Waals surface area contributed by atoms with Crippen LogP contribution < -0.4 is 9.47 Å². The second-order valence-corrected chi connectivity index (χ2v) is 5.89. The molecule has 1 aliphatic carbocycles. The summed E-state index contributed by atoms with van der Waals surface area (Å²) < 4.78 is 24.0. The van der Waals surface area contributed by atoms with Crippen LogP contribution in [0.5, 0.6) is 11.5 Å². The Morgan fingerprint density at radius 2 is 1.95 bits per heavy atom. The number of rotatable bonds is 3. The van der Waals surface area contributed by atoms with Crippen LogP contribution in [0.1, 0.15) is 33.8 Å². The van der Waals surface area contributed by atoms with Crippen molar-refractivity contribution < 1.29 is 18.7 Å². The van der Waals surface area contributed by atoms with Gasteiger partial charge in [-0.2, -0.15) is 0 Å². The summed E-state index contributed by atoms with van der Waals surface area (Å²) in [5.41, 5.74) is 2.19. The fraction of sp³-hybridized carbons (Fsp3) is 0.278. The van der Waals surface area contributed by atoms with Gasteiger partial charge in [-0.1, -0.05) is 6.07 Å². The summed E-state index contributed by atoms with van der Waals surface area (Å²) in [5, 5.41) is 0. The predicted octanol–water partition coefficient (Wildman–Crippen LogP) is 3.85. The maximum atomic E-state index is 13.3. The molecule has 2 atom stereocenters. The van der Waals surface area contributed by atoms with Crippen LogP contribution in [0.2, 0.25) is 0 Å². The van der Waals surface area contributed by atoms with Crippen molar-refractivity contribution in [1.29, 1.82) is 0 Å². The lowest BCUT2D eigenvalue weighted by Gasteiger charge is -2.04. The summed E-state index contributed by atoms with van der Waals surface area (Å²) in [7, 11) is 0. The molecule has 2 aliphatic rings. The monoisotopic (exact) mass is 298 g/mol. The number of hydrogen-bond donors (Lipinski definition) is 0. The van der Waals surface area contributed by atoms with Crippen molar-refractivity contribution >= 4 is 5.78 Å². The highest BCUT2D eigenvalue weighted by atomic mass is 19.1. The highest BCUT2D eigenvalue weighted by Crippen LogP contribution is 2.51. The minimum absolute atomic E-state index is 0.0229. The van der Waals surface area contributed by atoms with E-state index in [0.717, 1.165) is 23.5 Å². The number of aryl methyl sites for hydroxylation is 1. The third-order valence-electron chi connectivity index (χ3n) is 4.39. The van der Waals surface area contributed by atoms with Crippen molar-refractivity contribution in [3.63, 3.8) is 0 Å². The molecule has 22 heavy (non-hydrogen) atoms. The largest absolute Gasteiger partial charge is 0.454 e. The second-order valence-electron chi connectivity index (χ2n) is 5.89. The van der Waals surface area contributed by atoms with E-state index in [4.69, 9.17) is 9.47 Å². The van der Waals surface area contributed by atoms with Gasteiger partial charge in [-0.25, -0.2) is 4.39 Å². The molecule has 0 amide bonds. The van der Waals surface area contributed by atoms with Gasteiger partial charge in [0.1, 0.15) is 5.82 Å². The summed E-state index contributed by atoms with van der Waals surface area (Å²) in [6, 6.07) is 10.4. The van der Waals surface area contributed by atoms with Crippen molar-refractivity contribution in [2.24, 2.45) is 5.92 Å². The molecular weight excluding hydrogens is 283 g/mol. The summed E-state index contributed by atoms with van der Waals surface area (Å²) >= 11 is 0. The molecule has 0 bridgehead atoms. The lowest BCUT2D eigenvalue weighted by molar-refractivity contribution is 0.0965. The zero-order valence-electron chi connectivity index (χ0n) is 12.1. The number of carbonyl (C=O) groups excluding carboxylic acids is 1. The molecule has 1 aliphatic heterocycles. The van der Waals surface area contributed by atoms with Crippen molar-refractivity contribution in [2.45, 2.75) is 19.3 Å². The van der Waals surface area contributed by atoms with Gasteiger partial charge in [0.25, 0.3) is 0 Å². The number of ether oxygens (including phenoxy) is 2. The van der Waals surface area contributed by atoms with E-state index in [2.05, 4.69) is 0 Å². The molecule has 4 rings (SSSR count). The summed E-state index contributed by atoms with van der Waals surface area (Å²) in [5.74, 6) is 1.50. The minimum Gasteiger partial charge on any atom is -0.454 e. The Labute approximate surface area is 127 Å². The average Bonchev–Trinajstić information content (AvgIpc) is 3.18. The van der Waals surface area contributed by atoms with E-state index in [-0.39, 0.29) is 30.2 Å². The molecule has 2 aromatic carbocycles. The van der Waals surface area contributed by atoms with Crippen LogP contribution >= 0.6 is 0 Å². The summed E-state index contributed by atoms with van der Waals surface area (Å²) in [6.07, 6.45) is 0.828. The first kappa shape index (κ1) is 13.3. The number of benzene rings is 2. The van der Waals surface area contributed by atoms with E-state index in [0.29, 0.717) is 11.1 Å². The van der Waals surface area contributed by atoms with Gasteiger partial charge in [0.15, 0.2) is 17.3 Å². The summed E-state index contributed by atoms with van der Waals surface area (Å²) in [4.78, 5) is 12.5. The number of hydrogen-bond acceptors (Lipinski definition) is 3. The number of halogens is 1. The SMILES string of the molecule is Cc1cc(C(=O)[C@@H]2C[C@H]2c2ccc3c(c2)OCO3)ccc1F. The normalized spacial score (nSPS) is 21.7. The minimum atomic E-state index is -0.278. The molecule has 112 valence electrons. The standard InChI is InChI=1S/C18H15FO3/c1-10-6-12(2-4-15(10)19)18(20)14-8-13(14)11-3-5-16-17(7-11)22-9-21-16/h2-7,13-14H,8-9H2,1H3/t13-,14+/m0/s1. The molecular formula is C18H15FO3. The molecule has 0 saturated heterocycles. The van der Waals surface area contributed by atoms with Crippen LogP contribution in [0.25, 0.3) is 0 Å². The Morgan fingerprint density at radius 1 is 1.14 bits per heavy atom. The van der Waals surface area contributed by atoms with E-state index in [1.807, 2.05) is 18.2 Å². The van der Waals surface area contributed by atoms with E-state index < -0.39 is 0 Å². The van der Waals surface area contributed by atoms with Gasteiger partial charge >= 0.3 is 0 Å². The van der Waals surface area contributed by atoms with Gasteiger partial charge in [0.05, 0.1) is 0 Å². The van der Waals surface area contributed by atoms with Gasteiger partial charge in [-0.15, -0.1) is 0 Å². The van der Waals surface area contributed by atoms with Crippen LogP contribution in [0.3, 0.4) is 0 Å². The average molecular weight is 298 g/mol. The third-order valence-corrected chi connectivity index (χ3v) is 4.39. The molecule has 0 radical (unpaired) electrons. The van der Waals surface area contributed by atoms with Crippen molar-refractivity contribution in [3.05, 3.63) is 58.9 Å². The van der Waals surface area contributed by atoms with Gasteiger partial charge in [0, 0.05) is 11.5 Å². The highest BCUT2D eigenvalue weighted by Gasteiger charge is 2.44. The number of ketones is 1.